The molecule has 0 aliphatic heterocycles. The van der Waals surface area contributed by atoms with E-state index in [-0.39, 0.29) is 5.75 Å². The van der Waals surface area contributed by atoms with E-state index in [9.17, 15) is 13.2 Å². The molecule has 0 fully saturated rings. The van der Waals surface area contributed by atoms with Gasteiger partial charge < -0.3 is 10.1 Å². The van der Waals surface area contributed by atoms with E-state index in [1.54, 1.807) is 0 Å². The number of rotatable bonds is 7. The summed E-state index contributed by atoms with van der Waals surface area (Å²) >= 11 is 0. The van der Waals surface area contributed by atoms with Crippen molar-refractivity contribution in [1.29, 1.82) is 0 Å². The highest BCUT2D eigenvalue weighted by molar-refractivity contribution is 5.30. The van der Waals surface area contributed by atoms with Gasteiger partial charge in [-0.05, 0) is 43.6 Å². The van der Waals surface area contributed by atoms with Gasteiger partial charge in [0.25, 0.3) is 0 Å². The Kier molecular flexibility index (Phi) is 6.15. The Bertz CT molecular complexity index is 377. The number of halogens is 3. The molecule has 0 saturated carbocycles. The summed E-state index contributed by atoms with van der Waals surface area (Å²) < 4.78 is 42.7. The Morgan fingerprint density at radius 1 is 1.26 bits per heavy atom. The van der Waals surface area contributed by atoms with Crippen LogP contribution in [0.25, 0.3) is 0 Å². The molecule has 0 spiro atoms. The standard InChI is InChI=1S/C14H20F3NO/c1-11(2)10-18-7-4-8-19-13-6-3-5-12(9-13)14(15,16)17/h3,5-6,9,11,18H,4,7-8,10H2,1-2H3. The van der Waals surface area contributed by atoms with Gasteiger partial charge in [0, 0.05) is 0 Å². The monoisotopic (exact) mass is 275 g/mol. The summed E-state index contributed by atoms with van der Waals surface area (Å²) in [6, 6.07) is 4.96. The Morgan fingerprint density at radius 3 is 2.63 bits per heavy atom. The molecule has 19 heavy (non-hydrogen) atoms. The molecule has 1 aromatic rings. The quantitative estimate of drug-likeness (QED) is 0.766. The molecule has 0 amide bonds. The van der Waals surface area contributed by atoms with Crippen molar-refractivity contribution in [3.63, 3.8) is 0 Å². The molecule has 0 unspecified atom stereocenters. The van der Waals surface area contributed by atoms with Crippen molar-refractivity contribution >= 4 is 0 Å². The first-order valence-corrected chi connectivity index (χ1v) is 6.40. The van der Waals surface area contributed by atoms with Crippen molar-refractivity contribution in [1.82, 2.24) is 5.32 Å². The second-order valence-corrected chi connectivity index (χ2v) is 4.83. The van der Waals surface area contributed by atoms with E-state index in [0.717, 1.165) is 31.6 Å². The minimum absolute atomic E-state index is 0.263. The molecule has 0 heterocycles. The zero-order valence-electron chi connectivity index (χ0n) is 11.3. The Labute approximate surface area is 112 Å². The van der Waals surface area contributed by atoms with Gasteiger partial charge in [0.1, 0.15) is 5.75 Å². The molecule has 1 rings (SSSR count). The lowest BCUT2D eigenvalue weighted by Crippen LogP contribution is -2.22. The van der Waals surface area contributed by atoms with Crippen LogP contribution >= 0.6 is 0 Å². The van der Waals surface area contributed by atoms with Gasteiger partial charge in [-0.3, -0.25) is 0 Å². The van der Waals surface area contributed by atoms with E-state index in [1.807, 2.05) is 0 Å². The van der Waals surface area contributed by atoms with Crippen molar-refractivity contribution in [2.75, 3.05) is 19.7 Å². The normalized spacial score (nSPS) is 11.9. The largest absolute Gasteiger partial charge is 0.494 e. The Hall–Kier alpha value is -1.23. The fourth-order valence-corrected chi connectivity index (χ4v) is 1.54. The third-order valence-electron chi connectivity index (χ3n) is 2.48. The predicted molar refractivity (Wildman–Crippen MR) is 69.3 cm³/mol. The minimum Gasteiger partial charge on any atom is -0.494 e. The van der Waals surface area contributed by atoms with E-state index in [1.165, 1.54) is 12.1 Å². The zero-order valence-corrected chi connectivity index (χ0v) is 11.3. The summed E-state index contributed by atoms with van der Waals surface area (Å²) in [6.07, 6.45) is -3.55. The fraction of sp³-hybridized carbons (Fsp3) is 0.571. The average Bonchev–Trinajstić information content (AvgIpc) is 2.32. The molecular weight excluding hydrogens is 255 g/mol. The smallest absolute Gasteiger partial charge is 0.416 e. The van der Waals surface area contributed by atoms with Gasteiger partial charge >= 0.3 is 6.18 Å². The first kappa shape index (κ1) is 15.8. The first-order chi connectivity index (χ1) is 8.89. The molecule has 1 aromatic carbocycles. The van der Waals surface area contributed by atoms with Gasteiger partial charge in [0.15, 0.2) is 0 Å². The van der Waals surface area contributed by atoms with E-state index in [4.69, 9.17) is 4.74 Å². The lowest BCUT2D eigenvalue weighted by Gasteiger charge is -2.11. The Morgan fingerprint density at radius 2 is 2.00 bits per heavy atom. The van der Waals surface area contributed by atoms with Gasteiger partial charge in [-0.1, -0.05) is 19.9 Å². The molecule has 0 saturated heterocycles. The summed E-state index contributed by atoms with van der Waals surface area (Å²) in [5.41, 5.74) is -0.678. The van der Waals surface area contributed by atoms with Crippen LogP contribution in [-0.4, -0.2) is 19.7 Å². The van der Waals surface area contributed by atoms with Crippen molar-refractivity contribution in [2.45, 2.75) is 26.4 Å². The topological polar surface area (TPSA) is 21.3 Å². The van der Waals surface area contributed by atoms with Gasteiger partial charge in [-0.2, -0.15) is 13.2 Å². The van der Waals surface area contributed by atoms with Gasteiger partial charge in [-0.15, -0.1) is 0 Å². The number of hydrogen-bond donors (Lipinski definition) is 1. The van der Waals surface area contributed by atoms with Crippen LogP contribution in [0, 0.1) is 5.92 Å². The Balaban J connectivity index is 2.30. The highest BCUT2D eigenvalue weighted by Crippen LogP contribution is 2.31. The van der Waals surface area contributed by atoms with Crippen molar-refractivity contribution in [2.24, 2.45) is 5.92 Å². The SMILES string of the molecule is CC(C)CNCCCOc1cccc(C(F)(F)F)c1. The summed E-state index contributed by atoms with van der Waals surface area (Å²) in [5, 5.41) is 3.25. The third kappa shape index (κ3) is 6.47. The molecule has 0 bridgehead atoms. The number of benzene rings is 1. The molecule has 0 aliphatic carbocycles. The number of alkyl halides is 3. The summed E-state index contributed by atoms with van der Waals surface area (Å²) in [5.74, 6) is 0.850. The highest BCUT2D eigenvalue weighted by atomic mass is 19.4. The van der Waals surface area contributed by atoms with Crippen molar-refractivity contribution < 1.29 is 17.9 Å². The molecule has 0 aromatic heterocycles. The van der Waals surface area contributed by atoms with E-state index >= 15 is 0 Å². The fourth-order valence-electron chi connectivity index (χ4n) is 1.54. The summed E-state index contributed by atoms with van der Waals surface area (Å²) in [7, 11) is 0. The second kappa shape index (κ2) is 7.38. The average molecular weight is 275 g/mol. The van der Waals surface area contributed by atoms with Crippen molar-refractivity contribution in [3.05, 3.63) is 29.8 Å². The van der Waals surface area contributed by atoms with E-state index < -0.39 is 11.7 Å². The highest BCUT2D eigenvalue weighted by Gasteiger charge is 2.30. The maximum atomic E-state index is 12.5. The van der Waals surface area contributed by atoms with E-state index in [0.29, 0.717) is 12.5 Å². The van der Waals surface area contributed by atoms with Crippen LogP contribution < -0.4 is 10.1 Å². The van der Waals surface area contributed by atoms with Crippen LogP contribution in [-0.2, 0) is 6.18 Å². The first-order valence-electron chi connectivity index (χ1n) is 6.40. The van der Waals surface area contributed by atoms with Crippen molar-refractivity contribution in [3.8, 4) is 5.75 Å². The molecule has 0 radical (unpaired) electrons. The third-order valence-corrected chi connectivity index (χ3v) is 2.48. The van der Waals surface area contributed by atoms with Gasteiger partial charge in [0.2, 0.25) is 0 Å². The zero-order chi connectivity index (χ0) is 14.3. The van der Waals surface area contributed by atoms with Crippen LogP contribution in [0.4, 0.5) is 13.2 Å². The maximum Gasteiger partial charge on any atom is 0.416 e. The van der Waals surface area contributed by atoms with Crippen LogP contribution in [0.5, 0.6) is 5.75 Å². The maximum absolute atomic E-state index is 12.5. The summed E-state index contributed by atoms with van der Waals surface area (Å²) in [6.45, 7) is 6.38. The molecular formula is C14H20F3NO. The molecule has 1 N–H and O–H groups in total. The number of hydrogen-bond acceptors (Lipinski definition) is 2. The lowest BCUT2D eigenvalue weighted by atomic mass is 10.2. The molecule has 0 atom stereocenters. The molecule has 5 heteroatoms. The van der Waals surface area contributed by atoms with Crippen LogP contribution in [0.2, 0.25) is 0 Å². The molecule has 2 nitrogen and oxygen atoms in total. The van der Waals surface area contributed by atoms with Crippen LogP contribution in [0.15, 0.2) is 24.3 Å². The number of ether oxygens (including phenoxy) is 1. The van der Waals surface area contributed by atoms with Gasteiger partial charge in [-0.25, -0.2) is 0 Å². The molecule has 108 valence electrons. The minimum atomic E-state index is -4.32. The molecule has 0 aliphatic rings. The lowest BCUT2D eigenvalue weighted by molar-refractivity contribution is -0.137. The number of nitrogens with one attached hydrogen (secondary N) is 1. The second-order valence-electron chi connectivity index (χ2n) is 4.83. The van der Waals surface area contributed by atoms with E-state index in [2.05, 4.69) is 19.2 Å². The predicted octanol–water partition coefficient (Wildman–Crippen LogP) is 3.72. The summed E-state index contributed by atoms with van der Waals surface area (Å²) in [4.78, 5) is 0. The van der Waals surface area contributed by atoms with Crippen LogP contribution in [0.1, 0.15) is 25.8 Å². The van der Waals surface area contributed by atoms with Crippen LogP contribution in [0.3, 0.4) is 0 Å². The van der Waals surface area contributed by atoms with Gasteiger partial charge in [0.05, 0.1) is 12.2 Å².